The molecule has 17 heavy (non-hydrogen) atoms. The molecule has 2 rings (SSSR count). The quantitative estimate of drug-likeness (QED) is 0.877. The number of halogens is 1. The minimum atomic E-state index is -0.257. The van der Waals surface area contributed by atoms with Crippen molar-refractivity contribution in [2.45, 2.75) is 6.54 Å². The molecule has 0 fully saturated rings. The first-order chi connectivity index (χ1) is 8.29. The lowest BCUT2D eigenvalue weighted by atomic mass is 10.2. The first-order valence-electron chi connectivity index (χ1n) is 5.13. The predicted molar refractivity (Wildman–Crippen MR) is 62.7 cm³/mol. The van der Waals surface area contributed by atoms with Crippen molar-refractivity contribution in [3.8, 4) is 6.07 Å². The third-order valence-electron chi connectivity index (χ3n) is 2.31. The van der Waals surface area contributed by atoms with Crippen LogP contribution in [-0.2, 0) is 6.54 Å². The summed E-state index contributed by atoms with van der Waals surface area (Å²) in [6, 6.07) is 11.8. The Hall–Kier alpha value is -2.41. The molecule has 0 aliphatic heterocycles. The highest BCUT2D eigenvalue weighted by atomic mass is 19.1. The normalized spacial score (nSPS) is 9.65. The molecule has 4 heteroatoms. The first kappa shape index (κ1) is 11.1. The van der Waals surface area contributed by atoms with Crippen molar-refractivity contribution in [1.82, 2.24) is 4.98 Å². The van der Waals surface area contributed by atoms with E-state index in [2.05, 4.69) is 10.3 Å². The average Bonchev–Trinajstić information content (AvgIpc) is 2.38. The third kappa shape index (κ3) is 2.79. The van der Waals surface area contributed by atoms with Crippen molar-refractivity contribution in [3.63, 3.8) is 0 Å². The van der Waals surface area contributed by atoms with Crippen LogP contribution in [-0.4, -0.2) is 4.98 Å². The van der Waals surface area contributed by atoms with Crippen LogP contribution in [0.25, 0.3) is 0 Å². The van der Waals surface area contributed by atoms with Crippen molar-refractivity contribution in [1.29, 1.82) is 5.26 Å². The Balaban J connectivity index is 2.08. The van der Waals surface area contributed by atoms with Crippen LogP contribution in [0.5, 0.6) is 0 Å². The van der Waals surface area contributed by atoms with E-state index >= 15 is 0 Å². The zero-order valence-electron chi connectivity index (χ0n) is 9.02. The molecule has 0 spiro atoms. The topological polar surface area (TPSA) is 48.7 Å². The zero-order valence-corrected chi connectivity index (χ0v) is 9.02. The zero-order chi connectivity index (χ0) is 12.1. The van der Waals surface area contributed by atoms with Crippen molar-refractivity contribution in [2.75, 3.05) is 5.32 Å². The van der Waals surface area contributed by atoms with E-state index < -0.39 is 0 Å². The maximum absolute atomic E-state index is 12.7. The minimum absolute atomic E-state index is 0.257. The molecule has 84 valence electrons. The van der Waals surface area contributed by atoms with E-state index in [4.69, 9.17) is 5.26 Å². The largest absolute Gasteiger partial charge is 0.379 e. The molecular weight excluding hydrogens is 217 g/mol. The van der Waals surface area contributed by atoms with Gasteiger partial charge in [0.1, 0.15) is 11.9 Å². The van der Waals surface area contributed by atoms with Gasteiger partial charge < -0.3 is 5.32 Å². The summed E-state index contributed by atoms with van der Waals surface area (Å²) in [7, 11) is 0. The number of benzene rings is 1. The Morgan fingerprint density at radius 3 is 2.71 bits per heavy atom. The van der Waals surface area contributed by atoms with Crippen molar-refractivity contribution in [2.24, 2.45) is 0 Å². The van der Waals surface area contributed by atoms with Crippen LogP contribution >= 0.6 is 0 Å². The molecule has 0 aliphatic carbocycles. The molecule has 0 aliphatic rings. The molecule has 0 amide bonds. The minimum Gasteiger partial charge on any atom is -0.379 e. The van der Waals surface area contributed by atoms with Gasteiger partial charge in [0.05, 0.1) is 5.69 Å². The number of anilines is 1. The summed E-state index contributed by atoms with van der Waals surface area (Å²) in [6.45, 7) is 0.528. The van der Waals surface area contributed by atoms with Gasteiger partial charge in [-0.05, 0) is 29.8 Å². The summed E-state index contributed by atoms with van der Waals surface area (Å²) >= 11 is 0. The van der Waals surface area contributed by atoms with Crippen LogP contribution in [0, 0.1) is 17.1 Å². The van der Waals surface area contributed by atoms with Gasteiger partial charge in [-0.2, -0.15) is 5.26 Å². The monoisotopic (exact) mass is 227 g/mol. The van der Waals surface area contributed by atoms with Gasteiger partial charge in [0.15, 0.2) is 5.69 Å². The second-order valence-corrected chi connectivity index (χ2v) is 3.49. The molecule has 1 N–H and O–H groups in total. The van der Waals surface area contributed by atoms with Crippen LogP contribution in [0.4, 0.5) is 10.1 Å². The average molecular weight is 227 g/mol. The van der Waals surface area contributed by atoms with Crippen molar-refractivity contribution in [3.05, 3.63) is 59.7 Å². The number of nitriles is 1. The number of hydrogen-bond acceptors (Lipinski definition) is 3. The molecule has 3 nitrogen and oxygen atoms in total. The highest BCUT2D eigenvalue weighted by molar-refractivity contribution is 5.53. The van der Waals surface area contributed by atoms with E-state index in [1.54, 1.807) is 30.5 Å². The summed E-state index contributed by atoms with van der Waals surface area (Å²) < 4.78 is 12.7. The van der Waals surface area contributed by atoms with Crippen molar-refractivity contribution < 1.29 is 4.39 Å². The Bertz CT molecular complexity index is 543. The Kier molecular flexibility index (Phi) is 3.31. The second kappa shape index (κ2) is 5.08. The predicted octanol–water partition coefficient (Wildman–Crippen LogP) is 2.70. The fourth-order valence-electron chi connectivity index (χ4n) is 1.44. The van der Waals surface area contributed by atoms with Gasteiger partial charge >= 0.3 is 0 Å². The number of aromatic nitrogens is 1. The SMILES string of the molecule is N#Cc1ncccc1NCc1ccc(F)cc1. The van der Waals surface area contributed by atoms with Crippen LogP contribution in [0.3, 0.4) is 0 Å². The van der Waals surface area contributed by atoms with Gasteiger partial charge in [-0.3, -0.25) is 0 Å². The fraction of sp³-hybridized carbons (Fsp3) is 0.0769. The molecule has 2 aromatic rings. The van der Waals surface area contributed by atoms with E-state index in [9.17, 15) is 4.39 Å². The first-order valence-corrected chi connectivity index (χ1v) is 5.13. The summed E-state index contributed by atoms with van der Waals surface area (Å²) in [6.07, 6.45) is 1.57. The lowest BCUT2D eigenvalue weighted by molar-refractivity contribution is 0.627. The van der Waals surface area contributed by atoms with Crippen LogP contribution in [0.1, 0.15) is 11.3 Å². The van der Waals surface area contributed by atoms with Gasteiger partial charge in [0.2, 0.25) is 0 Å². The Morgan fingerprint density at radius 1 is 1.24 bits per heavy atom. The van der Waals surface area contributed by atoms with Crippen LogP contribution in [0.2, 0.25) is 0 Å². The third-order valence-corrected chi connectivity index (χ3v) is 2.31. The number of pyridine rings is 1. The van der Waals surface area contributed by atoms with E-state index in [0.29, 0.717) is 17.9 Å². The maximum atomic E-state index is 12.7. The smallest absolute Gasteiger partial charge is 0.163 e. The van der Waals surface area contributed by atoms with E-state index in [-0.39, 0.29) is 5.82 Å². The molecule has 0 atom stereocenters. The van der Waals surface area contributed by atoms with Gasteiger partial charge in [-0.15, -0.1) is 0 Å². The number of rotatable bonds is 3. The number of nitrogens with zero attached hydrogens (tertiary/aromatic N) is 2. The molecule has 0 unspecified atom stereocenters. The summed E-state index contributed by atoms with van der Waals surface area (Å²) in [5.74, 6) is -0.257. The van der Waals surface area contributed by atoms with Gasteiger partial charge in [-0.1, -0.05) is 12.1 Å². The summed E-state index contributed by atoms with van der Waals surface area (Å²) in [4.78, 5) is 3.94. The lowest BCUT2D eigenvalue weighted by Crippen LogP contribution is -2.02. The van der Waals surface area contributed by atoms with E-state index in [1.165, 1.54) is 12.1 Å². The van der Waals surface area contributed by atoms with Crippen LogP contribution < -0.4 is 5.32 Å². The number of nitrogens with one attached hydrogen (secondary N) is 1. The molecule has 0 saturated heterocycles. The fourth-order valence-corrected chi connectivity index (χ4v) is 1.44. The second-order valence-electron chi connectivity index (χ2n) is 3.49. The van der Waals surface area contributed by atoms with Crippen LogP contribution in [0.15, 0.2) is 42.6 Å². The summed E-state index contributed by atoms with van der Waals surface area (Å²) in [5, 5.41) is 11.9. The molecule has 1 aromatic carbocycles. The highest BCUT2D eigenvalue weighted by Gasteiger charge is 2.01. The standard InChI is InChI=1S/C13H10FN3/c14-11-5-3-10(4-6-11)9-17-12-2-1-7-16-13(12)8-15/h1-7,17H,9H2. The van der Waals surface area contributed by atoms with Gasteiger partial charge in [-0.25, -0.2) is 9.37 Å². The molecule has 1 heterocycles. The van der Waals surface area contributed by atoms with E-state index in [0.717, 1.165) is 5.56 Å². The highest BCUT2D eigenvalue weighted by Crippen LogP contribution is 2.12. The summed E-state index contributed by atoms with van der Waals surface area (Å²) in [5.41, 5.74) is 1.98. The number of hydrogen-bond donors (Lipinski definition) is 1. The maximum Gasteiger partial charge on any atom is 0.163 e. The molecule has 0 bridgehead atoms. The Labute approximate surface area is 98.5 Å². The van der Waals surface area contributed by atoms with E-state index in [1.807, 2.05) is 6.07 Å². The molecule has 1 aromatic heterocycles. The van der Waals surface area contributed by atoms with Crippen molar-refractivity contribution >= 4 is 5.69 Å². The lowest BCUT2D eigenvalue weighted by Gasteiger charge is -2.07. The van der Waals surface area contributed by atoms with Gasteiger partial charge in [0.25, 0.3) is 0 Å². The Morgan fingerprint density at radius 2 is 2.00 bits per heavy atom. The molecular formula is C13H10FN3. The van der Waals surface area contributed by atoms with Gasteiger partial charge in [0, 0.05) is 12.7 Å². The molecule has 0 saturated carbocycles. The molecule has 0 radical (unpaired) electrons.